The molecule has 1 fully saturated rings. The van der Waals surface area contributed by atoms with Crippen LogP contribution in [0.4, 0.5) is 33.2 Å². The van der Waals surface area contributed by atoms with Crippen LogP contribution in [0.3, 0.4) is 0 Å². The molecule has 0 bridgehead atoms. The standard InChI is InChI=1S/C19H18FN7/c1-27-11-15(10-23-27)24-19-22-9-13(5-4-12-2-3-12)18(26-19)25-17-8-14(21)6-7-16(17)20/h6-12H,2-3,21H2,1H3,(H2,22,24,25,26). The first-order valence-electron chi connectivity index (χ1n) is 8.53. The van der Waals surface area contributed by atoms with Gasteiger partial charge >= 0.3 is 0 Å². The number of anilines is 5. The summed E-state index contributed by atoms with van der Waals surface area (Å²) in [6.45, 7) is 0. The number of nitrogens with two attached hydrogens (primary N) is 1. The van der Waals surface area contributed by atoms with Gasteiger partial charge in [0.2, 0.25) is 5.95 Å². The van der Waals surface area contributed by atoms with E-state index in [1.165, 1.54) is 18.2 Å². The topological polar surface area (TPSA) is 93.7 Å². The van der Waals surface area contributed by atoms with Crippen LogP contribution in [0, 0.1) is 23.6 Å². The third kappa shape index (κ3) is 4.15. The minimum atomic E-state index is -0.425. The van der Waals surface area contributed by atoms with Gasteiger partial charge in [-0.15, -0.1) is 0 Å². The van der Waals surface area contributed by atoms with Crippen LogP contribution in [0.15, 0.2) is 36.8 Å². The molecular formula is C19H18FN7. The van der Waals surface area contributed by atoms with Crippen molar-refractivity contribution in [2.75, 3.05) is 16.4 Å². The van der Waals surface area contributed by atoms with Crippen LogP contribution in [0.2, 0.25) is 0 Å². The molecule has 1 aliphatic rings. The van der Waals surface area contributed by atoms with Crippen molar-refractivity contribution in [3.8, 4) is 11.8 Å². The van der Waals surface area contributed by atoms with Gasteiger partial charge in [-0.3, -0.25) is 4.68 Å². The van der Waals surface area contributed by atoms with Crippen molar-refractivity contribution in [3.63, 3.8) is 0 Å². The Bertz CT molecular complexity index is 1040. The Morgan fingerprint density at radius 2 is 2.11 bits per heavy atom. The molecule has 2 heterocycles. The van der Waals surface area contributed by atoms with Crippen LogP contribution < -0.4 is 16.4 Å². The molecule has 136 valence electrons. The van der Waals surface area contributed by atoms with Gasteiger partial charge in [0.1, 0.15) is 5.82 Å². The zero-order chi connectivity index (χ0) is 18.8. The Morgan fingerprint density at radius 1 is 1.26 bits per heavy atom. The summed E-state index contributed by atoms with van der Waals surface area (Å²) in [7, 11) is 1.82. The molecule has 0 unspecified atom stereocenters. The monoisotopic (exact) mass is 363 g/mol. The molecule has 4 rings (SSSR count). The molecule has 0 radical (unpaired) electrons. The van der Waals surface area contributed by atoms with E-state index in [1.54, 1.807) is 23.3 Å². The fourth-order valence-electron chi connectivity index (χ4n) is 2.42. The summed E-state index contributed by atoms with van der Waals surface area (Å²) in [5.41, 5.74) is 7.80. The van der Waals surface area contributed by atoms with E-state index in [9.17, 15) is 4.39 Å². The fourth-order valence-corrected chi connectivity index (χ4v) is 2.42. The Balaban J connectivity index is 1.67. The Hall–Kier alpha value is -3.60. The summed E-state index contributed by atoms with van der Waals surface area (Å²) in [4.78, 5) is 8.76. The van der Waals surface area contributed by atoms with Gasteiger partial charge in [0.05, 0.1) is 29.3 Å². The maximum absolute atomic E-state index is 14.1. The average Bonchev–Trinajstić information content (AvgIpc) is 3.38. The van der Waals surface area contributed by atoms with Crippen LogP contribution >= 0.6 is 0 Å². The minimum Gasteiger partial charge on any atom is -0.399 e. The normalized spacial score (nSPS) is 13.0. The molecule has 4 N–H and O–H groups in total. The van der Waals surface area contributed by atoms with Crippen LogP contribution in [0.5, 0.6) is 0 Å². The molecular weight excluding hydrogens is 345 g/mol. The number of hydrogen-bond acceptors (Lipinski definition) is 6. The number of aromatic nitrogens is 4. The average molecular weight is 363 g/mol. The summed E-state index contributed by atoms with van der Waals surface area (Å²) in [5, 5.41) is 10.2. The summed E-state index contributed by atoms with van der Waals surface area (Å²) in [6.07, 6.45) is 7.31. The van der Waals surface area contributed by atoms with E-state index in [0.717, 1.165) is 18.5 Å². The first kappa shape index (κ1) is 16.8. The van der Waals surface area contributed by atoms with E-state index < -0.39 is 5.82 Å². The van der Waals surface area contributed by atoms with E-state index in [0.29, 0.717) is 28.9 Å². The number of aryl methyl sites for hydroxylation is 1. The van der Waals surface area contributed by atoms with E-state index in [4.69, 9.17) is 5.73 Å². The molecule has 27 heavy (non-hydrogen) atoms. The molecule has 2 aromatic heterocycles. The van der Waals surface area contributed by atoms with Gasteiger partial charge in [-0.05, 0) is 31.0 Å². The highest BCUT2D eigenvalue weighted by Crippen LogP contribution is 2.28. The van der Waals surface area contributed by atoms with Gasteiger partial charge in [-0.2, -0.15) is 10.1 Å². The Kier molecular flexibility index (Phi) is 4.34. The highest BCUT2D eigenvalue weighted by molar-refractivity contribution is 5.68. The van der Waals surface area contributed by atoms with Crippen molar-refractivity contribution in [1.82, 2.24) is 19.7 Å². The van der Waals surface area contributed by atoms with Crippen LogP contribution in [0.1, 0.15) is 18.4 Å². The van der Waals surface area contributed by atoms with Crippen LogP contribution in [-0.4, -0.2) is 19.7 Å². The largest absolute Gasteiger partial charge is 0.399 e. The second-order valence-corrected chi connectivity index (χ2v) is 6.39. The van der Waals surface area contributed by atoms with Gasteiger partial charge < -0.3 is 16.4 Å². The maximum Gasteiger partial charge on any atom is 0.229 e. The highest BCUT2D eigenvalue weighted by atomic mass is 19.1. The predicted octanol–water partition coefficient (Wildman–Crippen LogP) is 3.18. The molecule has 0 saturated heterocycles. The van der Waals surface area contributed by atoms with Crippen molar-refractivity contribution in [2.45, 2.75) is 12.8 Å². The Labute approximate surface area is 155 Å². The summed E-state index contributed by atoms with van der Waals surface area (Å²) < 4.78 is 15.8. The molecule has 1 aromatic carbocycles. The van der Waals surface area contributed by atoms with Gasteiger partial charge in [0.15, 0.2) is 5.82 Å². The van der Waals surface area contributed by atoms with Crippen molar-refractivity contribution in [2.24, 2.45) is 13.0 Å². The molecule has 3 aromatic rings. The predicted molar refractivity (Wildman–Crippen MR) is 102 cm³/mol. The summed E-state index contributed by atoms with van der Waals surface area (Å²) in [6, 6.07) is 4.33. The number of hydrogen-bond donors (Lipinski definition) is 3. The second-order valence-electron chi connectivity index (χ2n) is 6.39. The van der Waals surface area contributed by atoms with E-state index >= 15 is 0 Å². The van der Waals surface area contributed by atoms with E-state index in [-0.39, 0.29) is 5.69 Å². The lowest BCUT2D eigenvalue weighted by atomic mass is 10.2. The zero-order valence-electron chi connectivity index (χ0n) is 14.7. The van der Waals surface area contributed by atoms with E-state index in [2.05, 4.69) is 37.5 Å². The van der Waals surface area contributed by atoms with Gasteiger partial charge in [0.25, 0.3) is 0 Å². The van der Waals surface area contributed by atoms with Gasteiger partial charge in [0, 0.05) is 24.8 Å². The lowest BCUT2D eigenvalue weighted by Gasteiger charge is -2.11. The molecule has 0 spiro atoms. The highest BCUT2D eigenvalue weighted by Gasteiger charge is 2.18. The third-order valence-corrected chi connectivity index (χ3v) is 3.98. The third-order valence-electron chi connectivity index (χ3n) is 3.98. The second kappa shape index (κ2) is 6.96. The molecule has 0 atom stereocenters. The zero-order valence-corrected chi connectivity index (χ0v) is 14.7. The van der Waals surface area contributed by atoms with Crippen LogP contribution in [0.25, 0.3) is 0 Å². The number of nitrogens with zero attached hydrogens (tertiary/aromatic N) is 4. The molecule has 1 saturated carbocycles. The van der Waals surface area contributed by atoms with Crippen molar-refractivity contribution >= 4 is 28.8 Å². The molecule has 0 aliphatic heterocycles. The SMILES string of the molecule is Cn1cc(Nc2ncc(C#CC3CC3)c(Nc3cc(N)ccc3F)n2)cn1. The smallest absolute Gasteiger partial charge is 0.229 e. The summed E-state index contributed by atoms with van der Waals surface area (Å²) >= 11 is 0. The lowest BCUT2D eigenvalue weighted by molar-refractivity contribution is 0.632. The summed E-state index contributed by atoms with van der Waals surface area (Å²) in [5.74, 6) is 7.03. The minimum absolute atomic E-state index is 0.232. The number of halogens is 1. The lowest BCUT2D eigenvalue weighted by Crippen LogP contribution is -2.04. The van der Waals surface area contributed by atoms with Crippen molar-refractivity contribution < 1.29 is 4.39 Å². The molecule has 8 heteroatoms. The number of nitrogens with one attached hydrogen (secondary N) is 2. The maximum atomic E-state index is 14.1. The first-order chi connectivity index (χ1) is 13.1. The van der Waals surface area contributed by atoms with Gasteiger partial charge in [-0.1, -0.05) is 11.8 Å². The number of nitrogen functional groups attached to an aromatic ring is 1. The van der Waals surface area contributed by atoms with Crippen molar-refractivity contribution in [3.05, 3.63) is 48.2 Å². The quantitative estimate of drug-likeness (QED) is 0.487. The van der Waals surface area contributed by atoms with Gasteiger partial charge in [-0.25, -0.2) is 9.37 Å². The van der Waals surface area contributed by atoms with E-state index in [1.807, 2.05) is 7.05 Å². The fraction of sp³-hybridized carbons (Fsp3) is 0.211. The molecule has 7 nitrogen and oxygen atoms in total. The molecule has 0 amide bonds. The van der Waals surface area contributed by atoms with Crippen molar-refractivity contribution in [1.29, 1.82) is 0 Å². The first-order valence-corrected chi connectivity index (χ1v) is 8.53. The number of rotatable bonds is 4. The Morgan fingerprint density at radius 3 is 2.85 bits per heavy atom. The molecule has 1 aliphatic carbocycles. The number of benzene rings is 1. The van der Waals surface area contributed by atoms with Crippen LogP contribution in [-0.2, 0) is 7.05 Å².